The van der Waals surface area contributed by atoms with E-state index in [4.69, 9.17) is 0 Å². The van der Waals surface area contributed by atoms with Crippen LogP contribution in [0.2, 0.25) is 0 Å². The average Bonchev–Trinajstić information content (AvgIpc) is 2.91. The minimum absolute atomic E-state index is 0.0870. The van der Waals surface area contributed by atoms with Crippen molar-refractivity contribution < 1.29 is 5.11 Å². The summed E-state index contributed by atoms with van der Waals surface area (Å²) in [6, 6.07) is 2.32. The topological polar surface area (TPSA) is 63.0 Å². The molecule has 132 valence electrons. The number of hydrogen-bond donors (Lipinski definition) is 2. The quantitative estimate of drug-likeness (QED) is 0.819. The first kappa shape index (κ1) is 18.6. The molecule has 0 radical (unpaired) electrons. The fourth-order valence-electron chi connectivity index (χ4n) is 3.39. The second-order valence-corrected chi connectivity index (χ2v) is 7.06. The van der Waals surface area contributed by atoms with E-state index < -0.39 is 0 Å². The van der Waals surface area contributed by atoms with E-state index in [9.17, 15) is 5.11 Å². The Kier molecular flexibility index (Phi) is 6.13. The fraction of sp³-hybridized carbons (Fsp3) is 0.579. The molecule has 1 heterocycles. The maximum Gasteiger partial charge on any atom is 0.143 e. The molecule has 0 aliphatic heterocycles. The predicted molar refractivity (Wildman–Crippen MR) is 96.6 cm³/mol. The number of aromatic nitrogens is 3. The van der Waals surface area contributed by atoms with Crippen molar-refractivity contribution >= 4 is 0 Å². The third kappa shape index (κ3) is 4.02. The molecule has 24 heavy (non-hydrogen) atoms. The summed E-state index contributed by atoms with van der Waals surface area (Å²) in [5, 5.41) is 17.5. The Labute approximate surface area is 145 Å². The van der Waals surface area contributed by atoms with Crippen molar-refractivity contribution in [3.05, 3.63) is 46.0 Å². The molecule has 0 aliphatic rings. The summed E-state index contributed by atoms with van der Waals surface area (Å²) in [7, 11) is 1.93. The van der Waals surface area contributed by atoms with E-state index in [-0.39, 0.29) is 12.6 Å². The van der Waals surface area contributed by atoms with Gasteiger partial charge < -0.3 is 10.4 Å². The van der Waals surface area contributed by atoms with E-state index in [1.54, 1.807) is 6.33 Å². The zero-order chi connectivity index (χ0) is 17.9. The summed E-state index contributed by atoms with van der Waals surface area (Å²) in [5.74, 6) is 1.53. The summed E-state index contributed by atoms with van der Waals surface area (Å²) in [5.41, 5.74) is 5.90. The summed E-state index contributed by atoms with van der Waals surface area (Å²) in [4.78, 5) is 4.42. The lowest BCUT2D eigenvalue weighted by Gasteiger charge is -2.22. The summed E-state index contributed by atoms with van der Waals surface area (Å²) in [6.45, 7) is 11.6. The molecule has 2 N–H and O–H groups in total. The van der Waals surface area contributed by atoms with Crippen molar-refractivity contribution in [2.45, 2.75) is 60.2 Å². The average molecular weight is 330 g/mol. The number of rotatable bonds is 7. The van der Waals surface area contributed by atoms with Crippen molar-refractivity contribution in [1.29, 1.82) is 0 Å². The Morgan fingerprint density at radius 1 is 1.17 bits per heavy atom. The van der Waals surface area contributed by atoms with Crippen LogP contribution in [0.25, 0.3) is 0 Å². The lowest BCUT2D eigenvalue weighted by Crippen LogP contribution is -2.26. The number of aliphatic hydroxyl groups is 1. The Hall–Kier alpha value is -1.72. The van der Waals surface area contributed by atoms with Gasteiger partial charge in [0, 0.05) is 13.6 Å². The third-order valence-electron chi connectivity index (χ3n) is 4.74. The largest absolute Gasteiger partial charge is 0.392 e. The van der Waals surface area contributed by atoms with Gasteiger partial charge in [-0.3, -0.25) is 4.68 Å². The smallest absolute Gasteiger partial charge is 0.143 e. The molecule has 0 bridgehead atoms. The Bertz CT molecular complexity index is 691. The molecule has 0 unspecified atom stereocenters. The first-order chi connectivity index (χ1) is 11.3. The van der Waals surface area contributed by atoms with Crippen molar-refractivity contribution in [3.8, 4) is 0 Å². The Morgan fingerprint density at radius 3 is 2.38 bits per heavy atom. The normalized spacial score (nSPS) is 12.8. The second kappa shape index (κ2) is 7.90. The first-order valence-corrected chi connectivity index (χ1v) is 8.61. The van der Waals surface area contributed by atoms with Crippen LogP contribution in [0.3, 0.4) is 0 Å². The van der Waals surface area contributed by atoms with Gasteiger partial charge in [0.05, 0.1) is 12.6 Å². The zero-order valence-electron chi connectivity index (χ0n) is 15.7. The van der Waals surface area contributed by atoms with Gasteiger partial charge >= 0.3 is 0 Å². The van der Waals surface area contributed by atoms with Crippen LogP contribution in [0, 0.1) is 26.7 Å². The van der Waals surface area contributed by atoms with Crippen LogP contribution in [0.5, 0.6) is 0 Å². The van der Waals surface area contributed by atoms with Gasteiger partial charge in [0.15, 0.2) is 0 Å². The highest BCUT2D eigenvalue weighted by Crippen LogP contribution is 2.25. The van der Waals surface area contributed by atoms with Crippen molar-refractivity contribution in [1.82, 2.24) is 20.1 Å². The predicted octanol–water partition coefficient (Wildman–Crippen LogP) is 3.11. The highest BCUT2D eigenvalue weighted by molar-refractivity contribution is 5.44. The number of hydrogen-bond acceptors (Lipinski definition) is 4. The number of benzene rings is 1. The van der Waals surface area contributed by atoms with Gasteiger partial charge in [-0.25, -0.2) is 4.98 Å². The third-order valence-corrected chi connectivity index (χ3v) is 4.74. The van der Waals surface area contributed by atoms with Crippen LogP contribution in [-0.2, 0) is 20.2 Å². The molecule has 1 atom stereocenters. The molecule has 5 heteroatoms. The van der Waals surface area contributed by atoms with Crippen LogP contribution in [0.4, 0.5) is 0 Å². The monoisotopic (exact) mass is 330 g/mol. The SMILES string of the molecule is Cc1cc(C)c(CN[C@H](CC(C)C)c2ncnn2C)c(C)c1CO. The molecular weight excluding hydrogens is 300 g/mol. The van der Waals surface area contributed by atoms with Gasteiger partial charge in [0.25, 0.3) is 0 Å². The summed E-state index contributed by atoms with van der Waals surface area (Å²) in [6.07, 6.45) is 2.61. The lowest BCUT2D eigenvalue weighted by atomic mass is 9.93. The molecule has 0 saturated heterocycles. The maximum absolute atomic E-state index is 9.66. The fourth-order valence-corrected chi connectivity index (χ4v) is 3.39. The first-order valence-electron chi connectivity index (χ1n) is 8.61. The molecule has 0 fully saturated rings. The van der Waals surface area contributed by atoms with Gasteiger partial charge in [0.2, 0.25) is 0 Å². The molecule has 0 saturated carbocycles. The molecule has 5 nitrogen and oxygen atoms in total. The summed E-state index contributed by atoms with van der Waals surface area (Å²) >= 11 is 0. The van der Waals surface area contributed by atoms with E-state index in [0.717, 1.165) is 29.9 Å². The van der Waals surface area contributed by atoms with Crippen LogP contribution >= 0.6 is 0 Å². The van der Waals surface area contributed by atoms with Crippen molar-refractivity contribution in [3.63, 3.8) is 0 Å². The van der Waals surface area contributed by atoms with E-state index >= 15 is 0 Å². The molecule has 0 spiro atoms. The van der Waals surface area contributed by atoms with Crippen molar-refractivity contribution in [2.75, 3.05) is 0 Å². The standard InChI is InChI=1S/C19H30N4O/c1-12(2)7-18(19-21-11-22-23(19)6)20-9-16-13(3)8-14(4)17(10-24)15(16)5/h8,11-12,18,20,24H,7,9-10H2,1-6H3/t18-/m1/s1. The number of aryl methyl sites for hydroxylation is 3. The van der Waals surface area contributed by atoms with Crippen LogP contribution in [-0.4, -0.2) is 19.9 Å². The van der Waals surface area contributed by atoms with Gasteiger partial charge in [-0.15, -0.1) is 0 Å². The van der Waals surface area contributed by atoms with Crippen molar-refractivity contribution in [2.24, 2.45) is 13.0 Å². The minimum Gasteiger partial charge on any atom is -0.392 e. The Morgan fingerprint density at radius 2 is 1.83 bits per heavy atom. The lowest BCUT2D eigenvalue weighted by molar-refractivity contribution is 0.280. The van der Waals surface area contributed by atoms with Crippen LogP contribution < -0.4 is 5.32 Å². The van der Waals surface area contributed by atoms with E-state index in [0.29, 0.717) is 5.92 Å². The molecule has 2 aromatic rings. The van der Waals surface area contributed by atoms with Gasteiger partial charge in [0.1, 0.15) is 12.2 Å². The highest BCUT2D eigenvalue weighted by Gasteiger charge is 2.19. The molecular formula is C19H30N4O. The summed E-state index contributed by atoms with van der Waals surface area (Å²) < 4.78 is 1.84. The van der Waals surface area contributed by atoms with E-state index in [1.807, 2.05) is 11.7 Å². The molecule has 0 aliphatic carbocycles. The maximum atomic E-state index is 9.66. The highest BCUT2D eigenvalue weighted by atomic mass is 16.3. The van der Waals surface area contributed by atoms with Gasteiger partial charge in [-0.05, 0) is 60.9 Å². The zero-order valence-corrected chi connectivity index (χ0v) is 15.7. The molecule has 1 aromatic heterocycles. The Balaban J connectivity index is 2.25. The number of aliphatic hydroxyl groups excluding tert-OH is 1. The molecule has 2 rings (SSSR count). The van der Waals surface area contributed by atoms with Crippen LogP contribution in [0.1, 0.15) is 60.0 Å². The van der Waals surface area contributed by atoms with Gasteiger partial charge in [-0.2, -0.15) is 5.10 Å². The number of nitrogens with one attached hydrogen (secondary N) is 1. The molecule has 0 amide bonds. The van der Waals surface area contributed by atoms with Crippen LogP contribution in [0.15, 0.2) is 12.4 Å². The number of nitrogens with zero attached hydrogens (tertiary/aromatic N) is 3. The molecule has 1 aromatic carbocycles. The van der Waals surface area contributed by atoms with E-state index in [2.05, 4.69) is 56.1 Å². The second-order valence-electron chi connectivity index (χ2n) is 7.06. The minimum atomic E-state index is 0.0870. The van der Waals surface area contributed by atoms with Gasteiger partial charge in [-0.1, -0.05) is 19.9 Å². The van der Waals surface area contributed by atoms with E-state index in [1.165, 1.54) is 16.7 Å².